The second-order valence-corrected chi connectivity index (χ2v) is 5.85. The molecule has 0 bridgehead atoms. The van der Waals surface area contributed by atoms with Crippen LogP contribution in [0.1, 0.15) is 17.2 Å². The van der Waals surface area contributed by atoms with Gasteiger partial charge in [0.15, 0.2) is 0 Å². The first-order valence-corrected chi connectivity index (χ1v) is 7.64. The molecule has 2 aromatic carbocycles. The Morgan fingerprint density at radius 3 is 2.81 bits per heavy atom. The lowest BCUT2D eigenvalue weighted by Gasteiger charge is -2.15. The number of aliphatic hydroxyl groups is 1. The van der Waals surface area contributed by atoms with Crippen LogP contribution >= 0.6 is 11.3 Å². The Morgan fingerprint density at radius 1 is 1.19 bits per heavy atom. The minimum Gasteiger partial charge on any atom is -0.495 e. The van der Waals surface area contributed by atoms with Gasteiger partial charge in [-0.1, -0.05) is 30.3 Å². The average Bonchev–Trinajstić information content (AvgIpc) is 2.91. The number of nitrogen functional groups attached to an aromatic ring is 1. The number of aliphatic hydroxyl groups excluding tert-OH is 1. The minimum atomic E-state index is -0.641. The molecule has 4 heteroatoms. The fraction of sp³-hybridized carbons (Fsp3) is 0.176. The van der Waals surface area contributed by atoms with Gasteiger partial charge in [-0.05, 0) is 28.5 Å². The minimum absolute atomic E-state index is 0.507. The molecule has 0 radical (unpaired) electrons. The standard InChI is InChI=1S/C17H17NO2S/c1-20-15-7-4-6-13(17(15)18)14(19)9-11-10-21-16-8-3-2-5-12(11)16/h2-8,10,14,19H,9,18H2,1H3. The van der Waals surface area contributed by atoms with Gasteiger partial charge in [0, 0.05) is 16.7 Å². The van der Waals surface area contributed by atoms with Crippen molar-refractivity contribution in [1.82, 2.24) is 0 Å². The first-order chi connectivity index (χ1) is 10.2. The van der Waals surface area contributed by atoms with Crippen LogP contribution in [-0.2, 0) is 6.42 Å². The number of hydrogen-bond acceptors (Lipinski definition) is 4. The van der Waals surface area contributed by atoms with E-state index in [0.717, 1.165) is 5.56 Å². The third-order valence-electron chi connectivity index (χ3n) is 3.65. The number of rotatable bonds is 4. The van der Waals surface area contributed by atoms with Gasteiger partial charge in [-0.15, -0.1) is 11.3 Å². The fourth-order valence-corrected chi connectivity index (χ4v) is 3.51. The van der Waals surface area contributed by atoms with Crippen molar-refractivity contribution in [2.24, 2.45) is 0 Å². The molecular weight excluding hydrogens is 282 g/mol. The number of nitrogens with two attached hydrogens (primary N) is 1. The number of anilines is 1. The van der Waals surface area contributed by atoms with Crippen LogP contribution in [-0.4, -0.2) is 12.2 Å². The van der Waals surface area contributed by atoms with Gasteiger partial charge in [0.05, 0.1) is 18.9 Å². The van der Waals surface area contributed by atoms with Crippen molar-refractivity contribution in [3.63, 3.8) is 0 Å². The van der Waals surface area contributed by atoms with Crippen molar-refractivity contribution in [3.05, 3.63) is 59.0 Å². The molecule has 0 fully saturated rings. The normalized spacial score (nSPS) is 12.5. The molecule has 3 nitrogen and oxygen atoms in total. The van der Waals surface area contributed by atoms with Crippen LogP contribution in [0.5, 0.6) is 5.75 Å². The highest BCUT2D eigenvalue weighted by Crippen LogP contribution is 2.33. The maximum atomic E-state index is 10.5. The zero-order chi connectivity index (χ0) is 14.8. The van der Waals surface area contributed by atoms with Crippen LogP contribution in [0, 0.1) is 0 Å². The number of para-hydroxylation sites is 1. The Morgan fingerprint density at radius 2 is 2.00 bits per heavy atom. The molecule has 0 spiro atoms. The largest absolute Gasteiger partial charge is 0.495 e. The molecule has 0 saturated heterocycles. The molecule has 0 amide bonds. The Labute approximate surface area is 127 Å². The summed E-state index contributed by atoms with van der Waals surface area (Å²) < 4.78 is 6.44. The monoisotopic (exact) mass is 299 g/mol. The second-order valence-electron chi connectivity index (χ2n) is 4.94. The van der Waals surface area contributed by atoms with E-state index in [2.05, 4.69) is 17.5 Å². The summed E-state index contributed by atoms with van der Waals surface area (Å²) in [5.41, 5.74) is 8.42. The summed E-state index contributed by atoms with van der Waals surface area (Å²) in [6.07, 6.45) is -0.0976. The maximum Gasteiger partial charge on any atom is 0.142 e. The predicted molar refractivity (Wildman–Crippen MR) is 87.9 cm³/mol. The SMILES string of the molecule is COc1cccc(C(O)Cc2csc3ccccc23)c1N. The second kappa shape index (κ2) is 5.76. The molecule has 1 unspecified atom stereocenters. The molecule has 108 valence electrons. The van der Waals surface area contributed by atoms with E-state index in [4.69, 9.17) is 10.5 Å². The number of ether oxygens (including phenoxy) is 1. The fourth-order valence-electron chi connectivity index (χ4n) is 2.54. The lowest BCUT2D eigenvalue weighted by Crippen LogP contribution is -2.06. The molecule has 1 atom stereocenters. The Bertz CT molecular complexity index is 766. The summed E-state index contributed by atoms with van der Waals surface area (Å²) >= 11 is 1.70. The zero-order valence-electron chi connectivity index (χ0n) is 11.7. The summed E-state index contributed by atoms with van der Waals surface area (Å²) in [6, 6.07) is 13.7. The van der Waals surface area contributed by atoms with Crippen LogP contribution in [0.2, 0.25) is 0 Å². The van der Waals surface area contributed by atoms with Gasteiger partial charge in [0.25, 0.3) is 0 Å². The summed E-state index contributed by atoms with van der Waals surface area (Å²) in [6.45, 7) is 0. The Balaban J connectivity index is 1.91. The molecule has 1 aromatic heterocycles. The molecule has 3 aromatic rings. The van der Waals surface area contributed by atoms with Crippen molar-refractivity contribution < 1.29 is 9.84 Å². The summed E-state index contributed by atoms with van der Waals surface area (Å²) in [4.78, 5) is 0. The highest BCUT2D eigenvalue weighted by molar-refractivity contribution is 7.17. The van der Waals surface area contributed by atoms with Crippen molar-refractivity contribution >= 4 is 27.1 Å². The highest BCUT2D eigenvalue weighted by atomic mass is 32.1. The van der Waals surface area contributed by atoms with Crippen molar-refractivity contribution in [2.75, 3.05) is 12.8 Å². The van der Waals surface area contributed by atoms with Crippen LogP contribution < -0.4 is 10.5 Å². The number of thiophene rings is 1. The number of hydrogen-bond donors (Lipinski definition) is 2. The first-order valence-electron chi connectivity index (χ1n) is 6.76. The molecule has 1 heterocycles. The van der Waals surface area contributed by atoms with Gasteiger partial charge in [0.2, 0.25) is 0 Å². The number of benzene rings is 2. The van der Waals surface area contributed by atoms with Crippen LogP contribution in [0.3, 0.4) is 0 Å². The summed E-state index contributed by atoms with van der Waals surface area (Å²) in [5.74, 6) is 0.599. The molecular formula is C17H17NO2S. The van der Waals surface area contributed by atoms with Crippen molar-refractivity contribution in [3.8, 4) is 5.75 Å². The van der Waals surface area contributed by atoms with Crippen LogP contribution in [0.25, 0.3) is 10.1 Å². The van der Waals surface area contributed by atoms with E-state index in [1.165, 1.54) is 10.1 Å². The molecule has 0 aliphatic rings. The van der Waals surface area contributed by atoms with E-state index >= 15 is 0 Å². The highest BCUT2D eigenvalue weighted by Gasteiger charge is 2.16. The Hall–Kier alpha value is -2.04. The average molecular weight is 299 g/mol. The van der Waals surface area contributed by atoms with Gasteiger partial charge in [0.1, 0.15) is 5.75 Å². The number of methoxy groups -OCH3 is 1. The van der Waals surface area contributed by atoms with E-state index in [1.807, 2.05) is 24.3 Å². The molecule has 0 saturated carbocycles. The van der Waals surface area contributed by atoms with Gasteiger partial charge in [-0.25, -0.2) is 0 Å². The van der Waals surface area contributed by atoms with E-state index in [0.29, 0.717) is 23.4 Å². The molecule has 0 aliphatic carbocycles. The maximum absolute atomic E-state index is 10.5. The van der Waals surface area contributed by atoms with E-state index in [-0.39, 0.29) is 0 Å². The third kappa shape index (κ3) is 2.60. The van der Waals surface area contributed by atoms with Crippen molar-refractivity contribution in [1.29, 1.82) is 0 Å². The smallest absolute Gasteiger partial charge is 0.142 e. The molecule has 3 rings (SSSR count). The molecule has 3 N–H and O–H groups in total. The topological polar surface area (TPSA) is 55.5 Å². The lowest BCUT2D eigenvalue weighted by atomic mass is 9.99. The summed E-state index contributed by atoms with van der Waals surface area (Å²) in [7, 11) is 1.58. The van der Waals surface area contributed by atoms with Gasteiger partial charge < -0.3 is 15.6 Å². The first kappa shape index (κ1) is 13.9. The van der Waals surface area contributed by atoms with Crippen LogP contribution in [0.15, 0.2) is 47.8 Å². The predicted octanol–water partition coefficient (Wildman–Crippen LogP) is 3.77. The zero-order valence-corrected chi connectivity index (χ0v) is 12.6. The molecule has 21 heavy (non-hydrogen) atoms. The van der Waals surface area contributed by atoms with Crippen molar-refractivity contribution in [2.45, 2.75) is 12.5 Å². The quantitative estimate of drug-likeness (QED) is 0.721. The lowest BCUT2D eigenvalue weighted by molar-refractivity contribution is 0.179. The van der Waals surface area contributed by atoms with E-state index in [9.17, 15) is 5.11 Å². The summed E-state index contributed by atoms with van der Waals surface area (Å²) in [5, 5.41) is 13.8. The van der Waals surface area contributed by atoms with Gasteiger partial charge >= 0.3 is 0 Å². The van der Waals surface area contributed by atoms with E-state index in [1.54, 1.807) is 24.5 Å². The Kier molecular flexibility index (Phi) is 3.82. The van der Waals surface area contributed by atoms with E-state index < -0.39 is 6.10 Å². The third-order valence-corrected chi connectivity index (χ3v) is 4.67. The number of fused-ring (bicyclic) bond motifs is 1. The van der Waals surface area contributed by atoms with Gasteiger partial charge in [-0.2, -0.15) is 0 Å². The van der Waals surface area contributed by atoms with Gasteiger partial charge in [-0.3, -0.25) is 0 Å². The molecule has 0 aliphatic heterocycles. The van der Waals surface area contributed by atoms with Crippen LogP contribution in [0.4, 0.5) is 5.69 Å².